The molecule has 1 heterocycles. The minimum atomic E-state index is -0.899. The first kappa shape index (κ1) is 14.9. The van der Waals surface area contributed by atoms with E-state index in [9.17, 15) is 9.59 Å². The van der Waals surface area contributed by atoms with Crippen molar-refractivity contribution in [1.82, 2.24) is 5.32 Å². The van der Waals surface area contributed by atoms with Gasteiger partial charge >= 0.3 is 5.97 Å². The van der Waals surface area contributed by atoms with Gasteiger partial charge in [0.1, 0.15) is 0 Å². The van der Waals surface area contributed by atoms with E-state index < -0.39 is 5.97 Å². The van der Waals surface area contributed by atoms with E-state index in [1.165, 1.54) is 0 Å². The Balaban J connectivity index is 2.16. The van der Waals surface area contributed by atoms with E-state index in [0.717, 1.165) is 22.9 Å². The Kier molecular flexibility index (Phi) is 5.03. The number of aliphatic carboxylic acids is 1. The number of rotatable bonds is 5. The molecule has 1 saturated heterocycles. The lowest BCUT2D eigenvalue weighted by Gasteiger charge is -2.25. The molecule has 0 spiro atoms. The molecule has 0 bridgehead atoms. The minimum absolute atomic E-state index is 0.0555. The second-order valence-corrected chi connectivity index (χ2v) is 5.77. The second-order valence-electron chi connectivity index (χ2n) is 4.74. The summed E-state index contributed by atoms with van der Waals surface area (Å²) in [5.74, 6) is 0.537. The molecule has 1 aromatic carbocycles. The largest absolute Gasteiger partial charge is 0.481 e. The highest BCUT2D eigenvalue weighted by atomic mass is 32.2. The van der Waals surface area contributed by atoms with Crippen molar-refractivity contribution in [1.29, 1.82) is 0 Å². The zero-order valence-electron chi connectivity index (χ0n) is 11.3. The Bertz CT molecular complexity index is 484. The summed E-state index contributed by atoms with van der Waals surface area (Å²) in [5.41, 5.74) is 1.86. The number of benzene rings is 1. The van der Waals surface area contributed by atoms with Gasteiger partial charge in [0, 0.05) is 23.9 Å². The number of nitrogens with one attached hydrogen (secondary N) is 1. The molecule has 1 amide bonds. The normalized spacial score (nSPS) is 17.9. The van der Waals surface area contributed by atoms with Gasteiger partial charge in [-0.25, -0.2) is 0 Å². The summed E-state index contributed by atoms with van der Waals surface area (Å²) in [7, 11) is 0. The summed E-state index contributed by atoms with van der Waals surface area (Å²) < 4.78 is 0. The van der Waals surface area contributed by atoms with Crippen LogP contribution in [0.5, 0.6) is 0 Å². The van der Waals surface area contributed by atoms with Crippen LogP contribution in [0.3, 0.4) is 0 Å². The number of nitrogens with zero attached hydrogens (tertiary/aromatic N) is 1. The van der Waals surface area contributed by atoms with Crippen molar-refractivity contribution in [3.63, 3.8) is 0 Å². The van der Waals surface area contributed by atoms with Crippen molar-refractivity contribution in [3.05, 3.63) is 29.8 Å². The van der Waals surface area contributed by atoms with Gasteiger partial charge in [-0.2, -0.15) is 0 Å². The first-order valence-electron chi connectivity index (χ1n) is 6.49. The molecule has 1 atom stereocenters. The zero-order valence-corrected chi connectivity index (χ0v) is 12.2. The molecule has 2 rings (SSSR count). The third kappa shape index (κ3) is 3.74. The lowest BCUT2D eigenvalue weighted by Crippen LogP contribution is -2.46. The van der Waals surface area contributed by atoms with Crippen molar-refractivity contribution < 1.29 is 14.7 Å². The second kappa shape index (κ2) is 6.76. The van der Waals surface area contributed by atoms with Crippen molar-refractivity contribution in [2.45, 2.75) is 19.4 Å². The van der Waals surface area contributed by atoms with Gasteiger partial charge in [-0.3, -0.25) is 14.9 Å². The molecule has 20 heavy (non-hydrogen) atoms. The lowest BCUT2D eigenvalue weighted by molar-refractivity contribution is -0.136. The molecule has 0 radical (unpaired) electrons. The number of amides is 1. The molecule has 0 aromatic heterocycles. The number of carbonyl (C=O) groups excluding carboxylic acids is 1. The Morgan fingerprint density at radius 2 is 2.10 bits per heavy atom. The van der Waals surface area contributed by atoms with Crippen LogP contribution in [0.4, 0.5) is 5.69 Å². The smallest absolute Gasteiger partial charge is 0.305 e. The Morgan fingerprint density at radius 1 is 1.40 bits per heavy atom. The number of carboxylic acids is 1. The molecule has 2 N–H and O–H groups in total. The highest BCUT2D eigenvalue weighted by Gasteiger charge is 2.28. The van der Waals surface area contributed by atoms with Crippen molar-refractivity contribution in [2.24, 2.45) is 0 Å². The molecule has 1 aromatic rings. The van der Waals surface area contributed by atoms with Crippen LogP contribution in [-0.2, 0) is 9.59 Å². The molecule has 1 aliphatic heterocycles. The average Bonchev–Trinajstić information content (AvgIpc) is 2.94. The molecule has 0 aliphatic carbocycles. The number of carboxylic acid groups (broad SMARTS) is 1. The molecular formula is C14H18N2O3S. The van der Waals surface area contributed by atoms with Gasteiger partial charge in [0.2, 0.25) is 5.91 Å². The topological polar surface area (TPSA) is 69.6 Å². The number of anilines is 1. The predicted octanol–water partition coefficient (Wildman–Crippen LogP) is 1.47. The maximum Gasteiger partial charge on any atom is 0.305 e. The van der Waals surface area contributed by atoms with Crippen molar-refractivity contribution in [2.75, 3.05) is 23.1 Å². The first-order valence-corrected chi connectivity index (χ1v) is 7.64. The van der Waals surface area contributed by atoms with Gasteiger partial charge in [-0.05, 0) is 19.1 Å². The fourth-order valence-corrected chi connectivity index (χ4v) is 2.97. The first-order chi connectivity index (χ1) is 9.58. The highest BCUT2D eigenvalue weighted by Crippen LogP contribution is 2.19. The standard InChI is InChI=1S/C14H18N2O3S/c1-10-2-4-11(5-3-10)16(7-6-13(17)18)14(19)12-8-20-9-15-12/h2-5,12,15H,6-9H2,1H3,(H,17,18). The molecule has 0 saturated carbocycles. The number of thioether (sulfide) groups is 1. The van der Waals surface area contributed by atoms with Crippen LogP contribution >= 0.6 is 11.8 Å². The van der Waals surface area contributed by atoms with Crippen LogP contribution in [-0.4, -0.2) is 41.2 Å². The fraction of sp³-hybridized carbons (Fsp3) is 0.429. The summed E-state index contributed by atoms with van der Waals surface area (Å²) in [5, 5.41) is 12.0. The summed E-state index contributed by atoms with van der Waals surface area (Å²) in [6.45, 7) is 2.17. The van der Waals surface area contributed by atoms with Crippen LogP contribution in [0.1, 0.15) is 12.0 Å². The van der Waals surface area contributed by atoms with E-state index in [1.54, 1.807) is 16.7 Å². The Morgan fingerprint density at radius 3 is 2.65 bits per heavy atom. The number of hydrogen-bond acceptors (Lipinski definition) is 4. The predicted molar refractivity (Wildman–Crippen MR) is 80.0 cm³/mol. The summed E-state index contributed by atoms with van der Waals surface area (Å²) in [6, 6.07) is 7.34. The van der Waals surface area contributed by atoms with E-state index in [1.807, 2.05) is 31.2 Å². The average molecular weight is 294 g/mol. The molecule has 1 unspecified atom stereocenters. The van der Waals surface area contributed by atoms with Crippen LogP contribution in [0, 0.1) is 6.92 Å². The number of carbonyl (C=O) groups is 2. The van der Waals surface area contributed by atoms with Gasteiger partial charge in [0.15, 0.2) is 0 Å². The van der Waals surface area contributed by atoms with E-state index in [-0.39, 0.29) is 24.9 Å². The van der Waals surface area contributed by atoms with Crippen LogP contribution in [0.2, 0.25) is 0 Å². The lowest BCUT2D eigenvalue weighted by atomic mass is 10.2. The van der Waals surface area contributed by atoms with Crippen LogP contribution in [0.25, 0.3) is 0 Å². The quantitative estimate of drug-likeness (QED) is 0.860. The van der Waals surface area contributed by atoms with Crippen LogP contribution in [0.15, 0.2) is 24.3 Å². The number of hydrogen-bond donors (Lipinski definition) is 2. The van der Waals surface area contributed by atoms with E-state index >= 15 is 0 Å². The summed E-state index contributed by atoms with van der Waals surface area (Å²) >= 11 is 1.68. The van der Waals surface area contributed by atoms with E-state index in [0.29, 0.717) is 0 Å². The molecular weight excluding hydrogens is 276 g/mol. The third-order valence-electron chi connectivity index (χ3n) is 3.18. The molecule has 5 nitrogen and oxygen atoms in total. The number of aryl methyl sites for hydroxylation is 1. The highest BCUT2D eigenvalue weighted by molar-refractivity contribution is 7.99. The Labute approximate surface area is 122 Å². The van der Waals surface area contributed by atoms with Gasteiger partial charge in [0.25, 0.3) is 0 Å². The summed E-state index contributed by atoms with van der Waals surface area (Å²) in [6.07, 6.45) is -0.0561. The third-order valence-corrected chi connectivity index (χ3v) is 4.12. The van der Waals surface area contributed by atoms with Crippen LogP contribution < -0.4 is 10.2 Å². The maximum absolute atomic E-state index is 12.5. The minimum Gasteiger partial charge on any atom is -0.481 e. The van der Waals surface area contributed by atoms with Crippen molar-refractivity contribution >= 4 is 29.3 Å². The van der Waals surface area contributed by atoms with Gasteiger partial charge in [-0.15, -0.1) is 11.8 Å². The summed E-state index contributed by atoms with van der Waals surface area (Å²) in [4.78, 5) is 24.8. The van der Waals surface area contributed by atoms with Gasteiger partial charge in [0.05, 0.1) is 12.5 Å². The van der Waals surface area contributed by atoms with Crippen molar-refractivity contribution in [3.8, 4) is 0 Å². The van der Waals surface area contributed by atoms with Gasteiger partial charge in [-0.1, -0.05) is 17.7 Å². The van der Waals surface area contributed by atoms with E-state index in [2.05, 4.69) is 5.32 Å². The molecule has 1 aliphatic rings. The molecule has 1 fully saturated rings. The maximum atomic E-state index is 12.5. The monoisotopic (exact) mass is 294 g/mol. The molecule has 108 valence electrons. The fourth-order valence-electron chi connectivity index (χ4n) is 2.04. The zero-order chi connectivity index (χ0) is 14.5. The van der Waals surface area contributed by atoms with Gasteiger partial charge < -0.3 is 10.0 Å². The SMILES string of the molecule is Cc1ccc(N(CCC(=O)O)C(=O)C2CSCN2)cc1. The van der Waals surface area contributed by atoms with E-state index in [4.69, 9.17) is 5.11 Å². The Hall–Kier alpha value is -1.53. The molecule has 6 heteroatoms.